The lowest BCUT2D eigenvalue weighted by Crippen LogP contribution is -2.28. The minimum Gasteiger partial charge on any atom is -0.497 e. The van der Waals surface area contributed by atoms with Gasteiger partial charge in [0.15, 0.2) is 0 Å². The van der Waals surface area contributed by atoms with Crippen molar-refractivity contribution in [3.63, 3.8) is 0 Å². The van der Waals surface area contributed by atoms with Crippen LogP contribution in [0.1, 0.15) is 19.8 Å². The first-order valence-corrected chi connectivity index (χ1v) is 10.8. The molecule has 1 N–H and O–H groups in total. The highest BCUT2D eigenvalue weighted by Gasteiger charge is 2.12. The van der Waals surface area contributed by atoms with Crippen molar-refractivity contribution in [2.45, 2.75) is 26.3 Å². The van der Waals surface area contributed by atoms with E-state index in [2.05, 4.69) is 17.3 Å². The van der Waals surface area contributed by atoms with E-state index in [0.29, 0.717) is 29.3 Å². The molecule has 4 aromatic rings. The van der Waals surface area contributed by atoms with Crippen LogP contribution in [-0.2, 0) is 11.3 Å². The lowest BCUT2D eigenvalue weighted by atomic mass is 10.1. The molecule has 0 aliphatic heterocycles. The van der Waals surface area contributed by atoms with Crippen LogP contribution in [0.4, 0.5) is 5.69 Å². The molecule has 0 fully saturated rings. The van der Waals surface area contributed by atoms with Crippen LogP contribution < -0.4 is 20.3 Å². The minimum atomic E-state index is -0.301. The molecule has 0 atom stereocenters. The summed E-state index contributed by atoms with van der Waals surface area (Å²) in [4.78, 5) is 25.4. The van der Waals surface area contributed by atoms with Gasteiger partial charge in [-0.2, -0.15) is 5.10 Å². The van der Waals surface area contributed by atoms with Gasteiger partial charge in [-0.05, 0) is 61.0 Å². The second kappa shape index (κ2) is 10.0. The third-order valence-corrected chi connectivity index (χ3v) is 5.21. The Hall–Kier alpha value is -4.07. The van der Waals surface area contributed by atoms with Crippen molar-refractivity contribution in [1.82, 2.24) is 14.2 Å². The van der Waals surface area contributed by atoms with Crippen LogP contribution >= 0.6 is 0 Å². The summed E-state index contributed by atoms with van der Waals surface area (Å²) in [6.07, 6.45) is 5.33. The van der Waals surface area contributed by atoms with Gasteiger partial charge in [-0.15, -0.1) is 0 Å². The SMILES string of the molecule is CCCCOc1ccc(-c2cc3c(=O)n(CC(=O)Nc4ccc(OC)cc4)ccn3n2)cc1. The third-order valence-electron chi connectivity index (χ3n) is 5.21. The van der Waals surface area contributed by atoms with E-state index in [1.807, 2.05) is 24.3 Å². The molecule has 0 spiro atoms. The number of carbonyl (C=O) groups excluding carboxylic acids is 1. The third kappa shape index (κ3) is 5.23. The number of nitrogens with one attached hydrogen (secondary N) is 1. The number of carbonyl (C=O) groups is 1. The van der Waals surface area contributed by atoms with Gasteiger partial charge in [0, 0.05) is 23.6 Å². The molecule has 2 aromatic heterocycles. The number of nitrogens with zero attached hydrogens (tertiary/aromatic N) is 3. The summed E-state index contributed by atoms with van der Waals surface area (Å²) in [6.45, 7) is 2.71. The zero-order valence-corrected chi connectivity index (χ0v) is 18.7. The van der Waals surface area contributed by atoms with E-state index in [9.17, 15) is 9.59 Å². The van der Waals surface area contributed by atoms with Crippen molar-refractivity contribution < 1.29 is 14.3 Å². The van der Waals surface area contributed by atoms with Crippen LogP contribution in [0.5, 0.6) is 11.5 Å². The second-order valence-corrected chi connectivity index (χ2v) is 7.59. The van der Waals surface area contributed by atoms with E-state index < -0.39 is 0 Å². The van der Waals surface area contributed by atoms with Crippen LogP contribution in [0.2, 0.25) is 0 Å². The summed E-state index contributed by atoms with van der Waals surface area (Å²) in [5.41, 5.74) is 2.29. The average molecular weight is 447 g/mol. The molecule has 8 heteroatoms. The Morgan fingerprint density at radius 3 is 2.45 bits per heavy atom. The van der Waals surface area contributed by atoms with Gasteiger partial charge in [-0.25, -0.2) is 4.52 Å². The molecule has 1 amide bonds. The molecule has 0 bridgehead atoms. The van der Waals surface area contributed by atoms with E-state index in [0.717, 1.165) is 24.2 Å². The fourth-order valence-electron chi connectivity index (χ4n) is 3.38. The fraction of sp³-hybridized carbons (Fsp3) is 0.240. The highest BCUT2D eigenvalue weighted by Crippen LogP contribution is 2.22. The number of anilines is 1. The largest absolute Gasteiger partial charge is 0.497 e. The van der Waals surface area contributed by atoms with E-state index in [1.54, 1.807) is 49.8 Å². The molecule has 4 rings (SSSR count). The summed E-state index contributed by atoms with van der Waals surface area (Å²) in [5.74, 6) is 1.20. The van der Waals surface area contributed by atoms with E-state index >= 15 is 0 Å². The normalized spacial score (nSPS) is 10.8. The van der Waals surface area contributed by atoms with Crippen molar-refractivity contribution >= 4 is 17.1 Å². The number of hydrogen-bond acceptors (Lipinski definition) is 5. The molecule has 170 valence electrons. The zero-order chi connectivity index (χ0) is 23.2. The number of rotatable bonds is 9. The first kappa shape index (κ1) is 22.1. The summed E-state index contributed by atoms with van der Waals surface area (Å²) in [5, 5.41) is 7.29. The first-order valence-electron chi connectivity index (χ1n) is 10.8. The van der Waals surface area contributed by atoms with Crippen LogP contribution in [0.25, 0.3) is 16.8 Å². The second-order valence-electron chi connectivity index (χ2n) is 7.59. The standard InChI is InChI=1S/C25H26N4O4/c1-3-4-15-33-21-9-5-18(6-10-21)22-16-23-25(31)28(13-14-29(23)27-22)17-24(30)26-19-7-11-20(32-2)12-8-19/h5-14,16H,3-4,15,17H2,1-2H3,(H,26,30). The predicted octanol–water partition coefficient (Wildman–Crippen LogP) is 3.99. The molecule has 0 aliphatic rings. The van der Waals surface area contributed by atoms with E-state index in [1.165, 1.54) is 9.08 Å². The number of hydrogen-bond donors (Lipinski definition) is 1. The van der Waals surface area contributed by atoms with Crippen LogP contribution in [-0.4, -0.2) is 33.8 Å². The molecule has 0 aliphatic carbocycles. The first-order chi connectivity index (χ1) is 16.1. The number of methoxy groups -OCH3 is 1. The highest BCUT2D eigenvalue weighted by atomic mass is 16.5. The molecule has 2 heterocycles. The van der Waals surface area contributed by atoms with Crippen molar-refractivity contribution in [1.29, 1.82) is 0 Å². The van der Waals surface area contributed by atoms with Crippen LogP contribution in [0.15, 0.2) is 71.8 Å². The van der Waals surface area contributed by atoms with Crippen molar-refractivity contribution in [2.75, 3.05) is 19.0 Å². The number of unbranched alkanes of at least 4 members (excludes halogenated alkanes) is 1. The molecule has 0 radical (unpaired) electrons. The Morgan fingerprint density at radius 2 is 1.76 bits per heavy atom. The fourth-order valence-corrected chi connectivity index (χ4v) is 3.38. The molecule has 2 aromatic carbocycles. The van der Waals surface area contributed by atoms with Gasteiger partial charge < -0.3 is 19.4 Å². The maximum atomic E-state index is 12.9. The topological polar surface area (TPSA) is 86.9 Å². The van der Waals surface area contributed by atoms with Gasteiger partial charge in [0.2, 0.25) is 5.91 Å². The monoisotopic (exact) mass is 446 g/mol. The van der Waals surface area contributed by atoms with Gasteiger partial charge in [-0.3, -0.25) is 9.59 Å². The Balaban J connectivity index is 1.48. The highest BCUT2D eigenvalue weighted by molar-refractivity contribution is 5.90. The Bertz CT molecular complexity index is 1290. The molecular formula is C25H26N4O4. The lowest BCUT2D eigenvalue weighted by Gasteiger charge is -2.08. The molecule has 0 unspecified atom stereocenters. The summed E-state index contributed by atoms with van der Waals surface area (Å²) < 4.78 is 13.7. The Labute approximate surface area is 191 Å². The van der Waals surface area contributed by atoms with Crippen LogP contribution in [0, 0.1) is 0 Å². The molecular weight excluding hydrogens is 420 g/mol. The van der Waals surface area contributed by atoms with E-state index in [4.69, 9.17) is 9.47 Å². The summed E-state index contributed by atoms with van der Waals surface area (Å²) >= 11 is 0. The van der Waals surface area contributed by atoms with Gasteiger partial charge in [0.1, 0.15) is 23.6 Å². The van der Waals surface area contributed by atoms with Gasteiger partial charge >= 0.3 is 0 Å². The van der Waals surface area contributed by atoms with Crippen LogP contribution in [0.3, 0.4) is 0 Å². The Kier molecular flexibility index (Phi) is 6.73. The smallest absolute Gasteiger partial charge is 0.277 e. The molecule has 0 saturated heterocycles. The molecule has 33 heavy (non-hydrogen) atoms. The zero-order valence-electron chi connectivity index (χ0n) is 18.7. The van der Waals surface area contributed by atoms with Gasteiger partial charge in [0.05, 0.1) is 19.4 Å². The van der Waals surface area contributed by atoms with Gasteiger partial charge in [0.25, 0.3) is 5.56 Å². The number of aromatic nitrogens is 3. The summed E-state index contributed by atoms with van der Waals surface area (Å²) in [7, 11) is 1.58. The maximum Gasteiger partial charge on any atom is 0.277 e. The van der Waals surface area contributed by atoms with Gasteiger partial charge in [-0.1, -0.05) is 13.3 Å². The van der Waals surface area contributed by atoms with E-state index in [-0.39, 0.29) is 18.0 Å². The quantitative estimate of drug-likeness (QED) is 0.393. The van der Waals surface area contributed by atoms with Crippen molar-refractivity contribution in [2.24, 2.45) is 0 Å². The predicted molar refractivity (Wildman–Crippen MR) is 127 cm³/mol. The van der Waals surface area contributed by atoms with Crippen molar-refractivity contribution in [3.8, 4) is 22.8 Å². The maximum absolute atomic E-state index is 12.9. The number of fused-ring (bicyclic) bond motifs is 1. The number of ether oxygens (including phenoxy) is 2. The van der Waals surface area contributed by atoms with Crippen molar-refractivity contribution in [3.05, 3.63) is 77.3 Å². The number of benzene rings is 2. The summed E-state index contributed by atoms with van der Waals surface area (Å²) in [6, 6.07) is 16.4. The molecule has 8 nitrogen and oxygen atoms in total. The number of amides is 1. The Morgan fingerprint density at radius 1 is 1.03 bits per heavy atom. The lowest BCUT2D eigenvalue weighted by molar-refractivity contribution is -0.116. The molecule has 0 saturated carbocycles. The minimum absolute atomic E-state index is 0.105. The average Bonchev–Trinajstić information content (AvgIpc) is 3.27.